The number of nitrogens with zero attached hydrogens (tertiary/aromatic N) is 1. The summed E-state index contributed by atoms with van der Waals surface area (Å²) in [6.07, 6.45) is 66.2. The van der Waals surface area contributed by atoms with Gasteiger partial charge >= 0.3 is 11.9 Å². The summed E-state index contributed by atoms with van der Waals surface area (Å²) in [5.74, 6) is -0.822. The number of unbranched alkanes of at least 4 members (excludes halogenated alkanes) is 37. The number of hydrogen-bond acceptors (Lipinski definition) is 8. The van der Waals surface area contributed by atoms with E-state index in [9.17, 15) is 19.0 Å². The third kappa shape index (κ3) is 57.5. The van der Waals surface area contributed by atoms with Gasteiger partial charge in [0.15, 0.2) is 6.10 Å². The molecule has 0 bridgehead atoms. The Bertz CT molecular complexity index is 1310. The van der Waals surface area contributed by atoms with E-state index in [0.717, 1.165) is 38.5 Å². The molecule has 0 heterocycles. The fourth-order valence-electron chi connectivity index (χ4n) is 8.86. The predicted octanol–water partition coefficient (Wildman–Crippen LogP) is 18.5. The van der Waals surface area contributed by atoms with Crippen LogP contribution >= 0.6 is 7.82 Å². The zero-order valence-corrected chi connectivity index (χ0v) is 49.0. The van der Waals surface area contributed by atoms with E-state index >= 15 is 0 Å². The molecule has 0 saturated heterocycles. The molecular weight excluding hydrogens is 918 g/mol. The van der Waals surface area contributed by atoms with Gasteiger partial charge in [0.2, 0.25) is 0 Å². The Balaban J connectivity index is 4.08. The van der Waals surface area contributed by atoms with Gasteiger partial charge in [0.05, 0.1) is 27.7 Å². The van der Waals surface area contributed by atoms with Crippen LogP contribution in [0.5, 0.6) is 0 Å². The van der Waals surface area contributed by atoms with Crippen LogP contribution in [0.15, 0.2) is 36.5 Å². The Kier molecular flexibility index (Phi) is 52.7. The van der Waals surface area contributed by atoms with Crippen molar-refractivity contribution < 1.29 is 42.1 Å². The molecule has 0 radical (unpaired) electrons. The van der Waals surface area contributed by atoms with E-state index in [1.165, 1.54) is 225 Å². The van der Waals surface area contributed by atoms with Crippen molar-refractivity contribution in [1.29, 1.82) is 0 Å². The summed E-state index contributed by atoms with van der Waals surface area (Å²) in [6, 6.07) is 0. The van der Waals surface area contributed by atoms with Gasteiger partial charge in [0, 0.05) is 12.8 Å². The Morgan fingerprint density at radius 3 is 1.11 bits per heavy atom. The minimum Gasteiger partial charge on any atom is -0.756 e. The Hall–Kier alpha value is -1.77. The van der Waals surface area contributed by atoms with Crippen LogP contribution in [0, 0.1) is 0 Å². The van der Waals surface area contributed by atoms with E-state index in [-0.39, 0.29) is 32.0 Å². The largest absolute Gasteiger partial charge is 0.756 e. The molecule has 0 aromatic heterocycles. The number of likely N-dealkylation sites (N-methyl/N-ethyl adjacent to an activating group) is 1. The number of quaternary nitrogens is 1. The molecule has 0 aromatic rings. The van der Waals surface area contributed by atoms with Crippen molar-refractivity contribution in [3.63, 3.8) is 0 Å². The van der Waals surface area contributed by atoms with E-state index in [4.69, 9.17) is 18.5 Å². The van der Waals surface area contributed by atoms with Crippen molar-refractivity contribution in [3.8, 4) is 0 Å². The molecule has 0 aromatic carbocycles. The Morgan fingerprint density at radius 1 is 0.431 bits per heavy atom. The van der Waals surface area contributed by atoms with Crippen molar-refractivity contribution in [1.82, 2.24) is 0 Å². The second kappa shape index (κ2) is 54.0. The van der Waals surface area contributed by atoms with Gasteiger partial charge in [-0.25, -0.2) is 0 Å². The van der Waals surface area contributed by atoms with Gasteiger partial charge in [-0.1, -0.05) is 249 Å². The highest BCUT2D eigenvalue weighted by molar-refractivity contribution is 7.45. The lowest BCUT2D eigenvalue weighted by Gasteiger charge is -2.28. The van der Waals surface area contributed by atoms with Crippen LogP contribution in [0.4, 0.5) is 0 Å². The second-order valence-corrected chi connectivity index (χ2v) is 23.5. The maximum Gasteiger partial charge on any atom is 0.306 e. The topological polar surface area (TPSA) is 111 Å². The fraction of sp³-hybridized carbons (Fsp3) is 0.871. The lowest BCUT2D eigenvalue weighted by molar-refractivity contribution is -0.870. The van der Waals surface area contributed by atoms with E-state index in [1.54, 1.807) is 0 Å². The summed E-state index contributed by atoms with van der Waals surface area (Å²) in [6.45, 7) is 4.27. The van der Waals surface area contributed by atoms with Gasteiger partial charge < -0.3 is 27.9 Å². The molecule has 9 nitrogen and oxygen atoms in total. The summed E-state index contributed by atoms with van der Waals surface area (Å²) in [7, 11) is 1.18. The highest BCUT2D eigenvalue weighted by Gasteiger charge is 2.22. The zero-order chi connectivity index (χ0) is 52.7. The van der Waals surface area contributed by atoms with Crippen LogP contribution in [0.1, 0.15) is 296 Å². The van der Waals surface area contributed by atoms with Crippen LogP contribution < -0.4 is 4.89 Å². The number of carbonyl (C=O) groups is 2. The molecule has 0 spiro atoms. The highest BCUT2D eigenvalue weighted by atomic mass is 31.2. The monoisotopic (exact) mass is 1040 g/mol. The number of esters is 2. The summed E-state index contributed by atoms with van der Waals surface area (Å²) in [5.41, 5.74) is 0. The van der Waals surface area contributed by atoms with Crippen LogP contribution in [-0.4, -0.2) is 70.0 Å². The van der Waals surface area contributed by atoms with Crippen molar-refractivity contribution in [2.24, 2.45) is 0 Å². The predicted molar refractivity (Wildman–Crippen MR) is 305 cm³/mol. The molecule has 0 saturated carbocycles. The van der Waals surface area contributed by atoms with Gasteiger partial charge in [-0.15, -0.1) is 0 Å². The number of phosphoric ester groups is 1. The number of rotatable bonds is 57. The first-order valence-electron chi connectivity index (χ1n) is 30.7. The third-order valence-corrected chi connectivity index (χ3v) is 14.6. The fourth-order valence-corrected chi connectivity index (χ4v) is 9.59. The van der Waals surface area contributed by atoms with Crippen molar-refractivity contribution in [2.75, 3.05) is 47.5 Å². The van der Waals surface area contributed by atoms with Gasteiger partial charge in [-0.2, -0.15) is 0 Å². The van der Waals surface area contributed by atoms with Crippen LogP contribution in [0.2, 0.25) is 0 Å². The molecule has 0 amide bonds. The lowest BCUT2D eigenvalue weighted by Crippen LogP contribution is -2.37. The molecule has 2 atom stereocenters. The van der Waals surface area contributed by atoms with Crippen molar-refractivity contribution >= 4 is 19.8 Å². The van der Waals surface area contributed by atoms with Crippen LogP contribution in [-0.2, 0) is 32.7 Å². The molecule has 0 aliphatic rings. The first-order chi connectivity index (χ1) is 35.0. The zero-order valence-electron chi connectivity index (χ0n) is 48.1. The number of hydrogen-bond donors (Lipinski definition) is 0. The molecule has 10 heteroatoms. The standard InChI is InChI=1S/C62H118NO8P/c1-6-8-10-12-14-16-18-20-22-24-26-27-28-29-30-31-32-33-34-35-37-39-41-43-45-47-49-51-53-55-62(65)71-60(59-70-72(66,67)69-57-56-63(3,4)5)58-68-61(64)54-52-50-48-46-44-42-40-38-36-25-23-21-19-17-15-13-11-9-7-2/h18,20-21,23-24,26,60H,6-17,19,22,25,27-59H2,1-5H3/b20-18-,23-21-,26-24-. The second-order valence-electron chi connectivity index (χ2n) is 22.1. The molecule has 72 heavy (non-hydrogen) atoms. The molecule has 2 unspecified atom stereocenters. The maximum atomic E-state index is 12.8. The molecule has 0 N–H and O–H groups in total. The molecule has 0 fully saturated rings. The number of allylic oxidation sites excluding steroid dienone is 6. The normalized spacial score (nSPS) is 13.5. The summed E-state index contributed by atoms with van der Waals surface area (Å²) in [4.78, 5) is 37.9. The summed E-state index contributed by atoms with van der Waals surface area (Å²) in [5, 5.41) is 0. The average molecular weight is 1040 g/mol. The van der Waals surface area contributed by atoms with Gasteiger partial charge in [0.25, 0.3) is 7.82 Å². The molecule has 0 aliphatic heterocycles. The summed E-state index contributed by atoms with van der Waals surface area (Å²) < 4.78 is 34.2. The Labute approximate surface area is 446 Å². The first-order valence-corrected chi connectivity index (χ1v) is 32.2. The van der Waals surface area contributed by atoms with Crippen molar-refractivity contribution in [3.05, 3.63) is 36.5 Å². The number of ether oxygens (including phenoxy) is 2. The third-order valence-electron chi connectivity index (χ3n) is 13.6. The van der Waals surface area contributed by atoms with Crippen LogP contribution in [0.25, 0.3) is 0 Å². The number of carbonyl (C=O) groups excluding carboxylic acids is 2. The molecule has 0 aliphatic carbocycles. The van der Waals surface area contributed by atoms with E-state index in [1.807, 2.05) is 21.1 Å². The lowest BCUT2D eigenvalue weighted by atomic mass is 10.0. The van der Waals surface area contributed by atoms with E-state index in [2.05, 4.69) is 50.3 Å². The van der Waals surface area contributed by atoms with Crippen molar-refractivity contribution in [2.45, 2.75) is 302 Å². The minimum atomic E-state index is -4.63. The average Bonchev–Trinajstić information content (AvgIpc) is 3.34. The maximum absolute atomic E-state index is 12.8. The van der Waals surface area contributed by atoms with E-state index in [0.29, 0.717) is 17.4 Å². The number of phosphoric acid groups is 1. The van der Waals surface area contributed by atoms with Gasteiger partial charge in [-0.3, -0.25) is 14.2 Å². The Morgan fingerprint density at radius 2 is 0.750 bits per heavy atom. The van der Waals surface area contributed by atoms with Gasteiger partial charge in [-0.05, 0) is 70.6 Å². The highest BCUT2D eigenvalue weighted by Crippen LogP contribution is 2.38. The minimum absolute atomic E-state index is 0.0294. The first kappa shape index (κ1) is 70.2. The summed E-state index contributed by atoms with van der Waals surface area (Å²) >= 11 is 0. The van der Waals surface area contributed by atoms with Gasteiger partial charge in [0.1, 0.15) is 19.8 Å². The quantitative estimate of drug-likeness (QED) is 0.0195. The molecule has 424 valence electrons. The van der Waals surface area contributed by atoms with Crippen LogP contribution in [0.3, 0.4) is 0 Å². The SMILES string of the molecule is CCCCCCC/C=C\C/C=C\CCCCCCCCCCCCCCCCCCCC(=O)OC(COC(=O)CCCCCCCCCCC/C=C\CCCCCCCC)COP(=O)([O-])OCC[N+](C)(C)C. The molecule has 0 rings (SSSR count). The van der Waals surface area contributed by atoms with E-state index < -0.39 is 26.5 Å². The smallest absolute Gasteiger partial charge is 0.306 e. The molecular formula is C62H118NO8P.